The van der Waals surface area contributed by atoms with Crippen LogP contribution in [0.2, 0.25) is 0 Å². The molecule has 1 aromatic rings. The molecule has 5 heteroatoms. The monoisotopic (exact) mass is 198 g/mol. The van der Waals surface area contributed by atoms with Gasteiger partial charge < -0.3 is 10.4 Å². The van der Waals surface area contributed by atoms with Gasteiger partial charge in [-0.25, -0.2) is 4.98 Å². The minimum Gasteiger partial charge on any atom is -0.391 e. The summed E-state index contributed by atoms with van der Waals surface area (Å²) in [6.45, 7) is 6.30. The zero-order chi connectivity index (χ0) is 10.4. The Morgan fingerprint density at radius 2 is 2.36 bits per heavy atom. The lowest BCUT2D eigenvalue weighted by molar-refractivity contribution is 0.168. The summed E-state index contributed by atoms with van der Waals surface area (Å²) < 4.78 is 1.80. The SMILES string of the molecule is CCNCC(O)Cc1ncnn1CC. The van der Waals surface area contributed by atoms with Crippen LogP contribution in [0.5, 0.6) is 0 Å². The molecule has 5 nitrogen and oxygen atoms in total. The molecule has 0 bridgehead atoms. The second-order valence-electron chi connectivity index (χ2n) is 3.16. The van der Waals surface area contributed by atoms with Crippen LogP contribution in [0, 0.1) is 0 Å². The molecule has 0 aliphatic carbocycles. The van der Waals surface area contributed by atoms with E-state index in [9.17, 15) is 5.11 Å². The lowest BCUT2D eigenvalue weighted by Gasteiger charge is -2.10. The quantitative estimate of drug-likeness (QED) is 0.665. The summed E-state index contributed by atoms with van der Waals surface area (Å²) in [5.74, 6) is 0.845. The van der Waals surface area contributed by atoms with Gasteiger partial charge in [-0.2, -0.15) is 5.10 Å². The highest BCUT2D eigenvalue weighted by molar-refractivity contribution is 4.87. The van der Waals surface area contributed by atoms with E-state index in [4.69, 9.17) is 0 Å². The lowest BCUT2D eigenvalue weighted by Crippen LogP contribution is -2.29. The maximum Gasteiger partial charge on any atom is 0.138 e. The van der Waals surface area contributed by atoms with E-state index in [0.717, 1.165) is 18.9 Å². The summed E-state index contributed by atoms with van der Waals surface area (Å²) in [4.78, 5) is 4.10. The molecule has 2 N–H and O–H groups in total. The first-order chi connectivity index (χ1) is 6.77. The molecule has 0 saturated heterocycles. The maximum atomic E-state index is 9.63. The fraction of sp³-hybridized carbons (Fsp3) is 0.778. The molecule has 0 aliphatic rings. The molecule has 80 valence electrons. The summed E-state index contributed by atoms with van der Waals surface area (Å²) >= 11 is 0. The van der Waals surface area contributed by atoms with Crippen molar-refractivity contribution in [3.8, 4) is 0 Å². The van der Waals surface area contributed by atoms with Gasteiger partial charge in [0.15, 0.2) is 0 Å². The van der Waals surface area contributed by atoms with Crippen LogP contribution in [0.4, 0.5) is 0 Å². The van der Waals surface area contributed by atoms with Crippen molar-refractivity contribution in [3.05, 3.63) is 12.2 Å². The summed E-state index contributed by atoms with van der Waals surface area (Å²) in [5.41, 5.74) is 0. The highest BCUT2D eigenvalue weighted by Crippen LogP contribution is 1.98. The van der Waals surface area contributed by atoms with Crippen molar-refractivity contribution < 1.29 is 5.11 Å². The average molecular weight is 198 g/mol. The Kier molecular flexibility index (Phi) is 4.55. The number of rotatable bonds is 6. The minimum atomic E-state index is -0.385. The highest BCUT2D eigenvalue weighted by atomic mass is 16.3. The number of nitrogens with one attached hydrogen (secondary N) is 1. The number of hydrogen-bond acceptors (Lipinski definition) is 4. The van der Waals surface area contributed by atoms with Crippen LogP contribution in [0.1, 0.15) is 19.7 Å². The zero-order valence-electron chi connectivity index (χ0n) is 8.77. The van der Waals surface area contributed by atoms with Gasteiger partial charge in [0, 0.05) is 19.5 Å². The van der Waals surface area contributed by atoms with Crippen molar-refractivity contribution in [2.24, 2.45) is 0 Å². The number of aryl methyl sites for hydroxylation is 1. The second-order valence-corrected chi connectivity index (χ2v) is 3.16. The molecule has 0 spiro atoms. The number of aliphatic hydroxyl groups excluding tert-OH is 1. The molecule has 14 heavy (non-hydrogen) atoms. The molecule has 0 saturated carbocycles. The maximum absolute atomic E-state index is 9.63. The van der Waals surface area contributed by atoms with Crippen molar-refractivity contribution in [1.82, 2.24) is 20.1 Å². The molecule has 0 aliphatic heterocycles. The molecular weight excluding hydrogens is 180 g/mol. The number of nitrogens with zero attached hydrogens (tertiary/aromatic N) is 3. The van der Waals surface area contributed by atoms with Crippen molar-refractivity contribution in [3.63, 3.8) is 0 Å². The van der Waals surface area contributed by atoms with Crippen LogP contribution in [-0.2, 0) is 13.0 Å². The number of aliphatic hydroxyl groups is 1. The van der Waals surface area contributed by atoms with Gasteiger partial charge in [0.05, 0.1) is 6.10 Å². The third kappa shape index (κ3) is 3.08. The number of likely N-dealkylation sites (N-methyl/N-ethyl adjacent to an activating group) is 1. The Balaban J connectivity index is 2.42. The molecular formula is C9H18N4O. The molecule has 1 unspecified atom stereocenters. The van der Waals surface area contributed by atoms with Gasteiger partial charge >= 0.3 is 0 Å². The molecule has 1 heterocycles. The summed E-state index contributed by atoms with van der Waals surface area (Å²) in [6.07, 6.45) is 1.70. The van der Waals surface area contributed by atoms with Gasteiger partial charge in [-0.15, -0.1) is 0 Å². The van der Waals surface area contributed by atoms with E-state index in [1.54, 1.807) is 4.68 Å². The Labute approximate surface area is 84.2 Å². The third-order valence-electron chi connectivity index (χ3n) is 2.04. The van der Waals surface area contributed by atoms with Crippen LogP contribution in [-0.4, -0.2) is 39.1 Å². The van der Waals surface area contributed by atoms with Gasteiger partial charge in [-0.3, -0.25) is 4.68 Å². The molecule has 0 aromatic carbocycles. The largest absolute Gasteiger partial charge is 0.391 e. The predicted molar refractivity (Wildman–Crippen MR) is 54.0 cm³/mol. The lowest BCUT2D eigenvalue weighted by atomic mass is 10.2. The first-order valence-corrected chi connectivity index (χ1v) is 5.03. The Hall–Kier alpha value is -0.940. The first-order valence-electron chi connectivity index (χ1n) is 5.03. The molecule has 0 amide bonds. The van der Waals surface area contributed by atoms with Crippen molar-refractivity contribution in [2.75, 3.05) is 13.1 Å². The minimum absolute atomic E-state index is 0.385. The van der Waals surface area contributed by atoms with Gasteiger partial charge in [-0.1, -0.05) is 6.92 Å². The van der Waals surface area contributed by atoms with Crippen molar-refractivity contribution in [1.29, 1.82) is 0 Å². The normalized spacial score (nSPS) is 13.1. The molecule has 0 radical (unpaired) electrons. The van der Waals surface area contributed by atoms with Crippen LogP contribution < -0.4 is 5.32 Å². The fourth-order valence-electron chi connectivity index (χ4n) is 1.30. The van der Waals surface area contributed by atoms with E-state index < -0.39 is 0 Å². The second kappa shape index (κ2) is 5.72. The van der Waals surface area contributed by atoms with E-state index in [0.29, 0.717) is 13.0 Å². The first kappa shape index (κ1) is 11.1. The average Bonchev–Trinajstić information content (AvgIpc) is 2.62. The Morgan fingerprint density at radius 1 is 1.57 bits per heavy atom. The van der Waals surface area contributed by atoms with E-state index in [1.807, 2.05) is 13.8 Å². The summed E-state index contributed by atoms with van der Waals surface area (Å²) in [6, 6.07) is 0. The van der Waals surface area contributed by atoms with Gasteiger partial charge in [0.25, 0.3) is 0 Å². The molecule has 1 aromatic heterocycles. The van der Waals surface area contributed by atoms with Gasteiger partial charge in [0.2, 0.25) is 0 Å². The van der Waals surface area contributed by atoms with Crippen molar-refractivity contribution in [2.45, 2.75) is 32.9 Å². The Morgan fingerprint density at radius 3 is 3.00 bits per heavy atom. The topological polar surface area (TPSA) is 63.0 Å². The van der Waals surface area contributed by atoms with Crippen LogP contribution in [0.25, 0.3) is 0 Å². The molecule has 1 rings (SSSR count). The smallest absolute Gasteiger partial charge is 0.138 e. The molecule has 0 fully saturated rings. The zero-order valence-corrected chi connectivity index (χ0v) is 8.77. The number of hydrogen-bond donors (Lipinski definition) is 2. The Bertz CT molecular complexity index is 261. The van der Waals surface area contributed by atoms with E-state index >= 15 is 0 Å². The van der Waals surface area contributed by atoms with E-state index in [2.05, 4.69) is 15.4 Å². The van der Waals surface area contributed by atoms with Gasteiger partial charge in [-0.05, 0) is 13.5 Å². The number of aromatic nitrogens is 3. The van der Waals surface area contributed by atoms with E-state index in [-0.39, 0.29) is 6.10 Å². The van der Waals surface area contributed by atoms with Crippen LogP contribution in [0.3, 0.4) is 0 Å². The van der Waals surface area contributed by atoms with E-state index in [1.165, 1.54) is 6.33 Å². The standard InChI is InChI=1S/C9H18N4O/c1-3-10-6-8(14)5-9-11-7-12-13(9)4-2/h7-8,10,14H,3-6H2,1-2H3. The van der Waals surface area contributed by atoms with Gasteiger partial charge in [0.1, 0.15) is 12.2 Å². The van der Waals surface area contributed by atoms with Crippen LogP contribution in [0.15, 0.2) is 6.33 Å². The highest BCUT2D eigenvalue weighted by Gasteiger charge is 2.09. The van der Waals surface area contributed by atoms with Crippen molar-refractivity contribution >= 4 is 0 Å². The molecule has 1 atom stereocenters. The summed E-state index contributed by atoms with van der Waals surface area (Å²) in [7, 11) is 0. The fourth-order valence-corrected chi connectivity index (χ4v) is 1.30. The summed E-state index contributed by atoms with van der Waals surface area (Å²) in [5, 5.41) is 16.8. The predicted octanol–water partition coefficient (Wildman–Crippen LogP) is -0.189. The third-order valence-corrected chi connectivity index (χ3v) is 2.04. The van der Waals surface area contributed by atoms with Crippen LogP contribution >= 0.6 is 0 Å².